The van der Waals surface area contributed by atoms with Crippen LogP contribution in [0, 0.1) is 6.92 Å². The maximum Gasteiger partial charge on any atom is 0.216 e. The summed E-state index contributed by atoms with van der Waals surface area (Å²) in [6.07, 6.45) is -1.04. The van der Waals surface area contributed by atoms with Crippen LogP contribution in [0.5, 0.6) is 0 Å². The summed E-state index contributed by atoms with van der Waals surface area (Å²) in [5, 5.41) is 4.04. The molecule has 1 fully saturated rings. The van der Waals surface area contributed by atoms with Crippen molar-refractivity contribution in [1.82, 2.24) is 9.97 Å². The van der Waals surface area contributed by atoms with Crippen LogP contribution in [0.25, 0.3) is 0 Å². The number of aromatic nitrogens is 2. The van der Waals surface area contributed by atoms with Crippen molar-refractivity contribution < 1.29 is 28.5 Å². The van der Waals surface area contributed by atoms with Gasteiger partial charge in [-0.15, -0.1) is 11.3 Å². The van der Waals surface area contributed by atoms with Crippen molar-refractivity contribution in [2.75, 3.05) is 18.5 Å². The Balaban J connectivity index is 1.17. The molecule has 3 heterocycles. The highest BCUT2D eigenvalue weighted by molar-refractivity contribution is 9.11. The Bertz CT molecular complexity index is 2070. The summed E-state index contributed by atoms with van der Waals surface area (Å²) in [5.41, 5.74) is 4.85. The minimum absolute atomic E-state index is 0.104. The van der Waals surface area contributed by atoms with Crippen LogP contribution < -0.4 is 5.32 Å². The van der Waals surface area contributed by atoms with Crippen LogP contribution in [0.15, 0.2) is 131 Å². The monoisotopic (exact) mass is 839 g/mol. The Morgan fingerprint density at radius 3 is 1.69 bits per heavy atom. The molecule has 12 heteroatoms. The number of carbonyl (C=O) groups is 1. The second kappa shape index (κ2) is 19.7. The highest BCUT2D eigenvalue weighted by Crippen LogP contribution is 2.33. The van der Waals surface area contributed by atoms with Crippen molar-refractivity contribution in [3.8, 4) is 0 Å². The second-order valence-corrected chi connectivity index (χ2v) is 16.4. The van der Waals surface area contributed by atoms with E-state index in [0.717, 1.165) is 22.3 Å². The third kappa shape index (κ3) is 10.8. The van der Waals surface area contributed by atoms with Crippen LogP contribution >= 0.6 is 38.6 Å². The van der Waals surface area contributed by atoms with Gasteiger partial charge in [0.05, 0.1) is 54.7 Å². The fourth-order valence-corrected chi connectivity index (χ4v) is 8.72. The van der Waals surface area contributed by atoms with Gasteiger partial charge in [-0.2, -0.15) is 0 Å². The average Bonchev–Trinajstić information content (AvgIpc) is 3.84. The van der Waals surface area contributed by atoms with Crippen LogP contribution in [0.2, 0.25) is 0 Å². The molecule has 1 aliphatic heterocycles. The minimum atomic E-state index is -0.555. The molecule has 0 spiro atoms. The summed E-state index contributed by atoms with van der Waals surface area (Å²) in [5.74, 6) is -0.104. The number of aryl methyl sites for hydroxylation is 1. The molecule has 7 rings (SSSR count). The summed E-state index contributed by atoms with van der Waals surface area (Å²) in [6.45, 7) is 3.90. The van der Waals surface area contributed by atoms with Crippen LogP contribution in [0.4, 0.5) is 5.13 Å². The van der Waals surface area contributed by atoms with Gasteiger partial charge in [-0.3, -0.25) is 4.79 Å². The van der Waals surface area contributed by atoms with Gasteiger partial charge in [0, 0.05) is 6.54 Å². The first kappa shape index (κ1) is 39.1. The van der Waals surface area contributed by atoms with E-state index in [2.05, 4.69) is 31.2 Å². The van der Waals surface area contributed by atoms with Gasteiger partial charge in [0.2, 0.25) is 5.78 Å². The van der Waals surface area contributed by atoms with Crippen LogP contribution in [-0.2, 0) is 50.1 Å². The van der Waals surface area contributed by atoms with E-state index in [1.165, 1.54) is 22.7 Å². The summed E-state index contributed by atoms with van der Waals surface area (Å²) in [7, 11) is 0. The Labute approximate surface area is 337 Å². The standard InChI is InChI=1S/C43H42BrN3O6S2/c1-29-41(55-42(44)47-29)37(48)36-23-46-43(54-36)45-22-34-38(50-25-31-16-8-3-9-17-31)40(52-27-33-20-12-5-13-21-33)39(51-26-32-18-10-4-11-19-32)35(53-34)28-49-24-30-14-6-2-7-15-30/h2-21,23,34-35,38-40H,22,24-28H2,1H3,(H,45,46)/t34-,35-,38-,39-,40-/m1/s1. The van der Waals surface area contributed by atoms with Gasteiger partial charge in [-0.1, -0.05) is 133 Å². The molecule has 284 valence electrons. The molecule has 0 unspecified atom stereocenters. The van der Waals surface area contributed by atoms with Crippen molar-refractivity contribution in [3.63, 3.8) is 0 Å². The van der Waals surface area contributed by atoms with Crippen molar-refractivity contribution in [2.24, 2.45) is 0 Å². The zero-order valence-corrected chi connectivity index (χ0v) is 33.5. The van der Waals surface area contributed by atoms with Crippen LogP contribution in [0.3, 0.4) is 0 Å². The molecule has 1 aliphatic rings. The first-order chi connectivity index (χ1) is 27.0. The largest absolute Gasteiger partial charge is 0.374 e. The number of carbonyl (C=O) groups excluding carboxylic acids is 1. The molecule has 0 amide bonds. The fraction of sp³-hybridized carbons (Fsp3) is 0.279. The number of nitrogens with one attached hydrogen (secondary N) is 1. The van der Waals surface area contributed by atoms with Crippen molar-refractivity contribution in [2.45, 2.75) is 63.9 Å². The lowest BCUT2D eigenvalue weighted by molar-refractivity contribution is -0.269. The van der Waals surface area contributed by atoms with Crippen LogP contribution in [-0.4, -0.2) is 59.4 Å². The number of hydrogen-bond acceptors (Lipinski definition) is 11. The number of rotatable bonds is 18. The summed E-state index contributed by atoms with van der Waals surface area (Å²) in [4.78, 5) is 23.4. The van der Waals surface area contributed by atoms with Gasteiger partial charge in [0.25, 0.3) is 0 Å². The van der Waals surface area contributed by atoms with Gasteiger partial charge < -0.3 is 29.0 Å². The lowest BCUT2D eigenvalue weighted by atomic mass is 9.93. The Morgan fingerprint density at radius 2 is 1.18 bits per heavy atom. The topological polar surface area (TPSA) is 101 Å². The average molecular weight is 841 g/mol. The maximum atomic E-state index is 13.4. The number of nitrogens with zero attached hydrogens (tertiary/aromatic N) is 2. The molecule has 1 N–H and O–H groups in total. The molecule has 5 atom stereocenters. The SMILES string of the molecule is Cc1nc(Br)sc1C(=O)c1cnc(NC[C@H]2O[C@H](COCc3ccccc3)[C@@H](OCc3ccccc3)[C@H](OCc3ccccc3)[C@@H]2OCc2ccccc2)s1. The number of ketones is 1. The number of thiazole rings is 2. The van der Waals surface area contributed by atoms with Crippen molar-refractivity contribution in [1.29, 1.82) is 0 Å². The Kier molecular flexibility index (Phi) is 14.0. The third-order valence-corrected chi connectivity index (χ3v) is 11.7. The molecule has 2 aromatic heterocycles. The molecule has 1 saturated heterocycles. The molecule has 0 aliphatic carbocycles. The molecule has 55 heavy (non-hydrogen) atoms. The summed E-state index contributed by atoms with van der Waals surface area (Å²) in [6, 6.07) is 40.3. The highest BCUT2D eigenvalue weighted by Gasteiger charge is 2.48. The molecule has 4 aromatic carbocycles. The van der Waals surface area contributed by atoms with Crippen molar-refractivity contribution in [3.05, 3.63) is 169 Å². The lowest BCUT2D eigenvalue weighted by Gasteiger charge is -2.46. The minimum Gasteiger partial charge on any atom is -0.374 e. The first-order valence-corrected chi connectivity index (χ1v) is 20.5. The Morgan fingerprint density at radius 1 is 0.691 bits per heavy atom. The predicted molar refractivity (Wildman–Crippen MR) is 218 cm³/mol. The van der Waals surface area contributed by atoms with E-state index in [4.69, 9.17) is 23.7 Å². The number of halogens is 1. The van der Waals surface area contributed by atoms with Gasteiger partial charge in [-0.05, 0) is 45.1 Å². The van der Waals surface area contributed by atoms with E-state index in [1.54, 1.807) is 6.20 Å². The molecular formula is C43H42BrN3O6S2. The summed E-state index contributed by atoms with van der Waals surface area (Å²) < 4.78 is 34.4. The van der Waals surface area contributed by atoms with Gasteiger partial charge in [-0.25, -0.2) is 9.97 Å². The van der Waals surface area contributed by atoms with Crippen LogP contribution in [0.1, 0.15) is 42.5 Å². The van der Waals surface area contributed by atoms with Gasteiger partial charge >= 0.3 is 0 Å². The van der Waals surface area contributed by atoms with Crippen molar-refractivity contribution >= 4 is 49.5 Å². The zero-order chi connectivity index (χ0) is 37.8. The van der Waals surface area contributed by atoms with E-state index in [0.29, 0.717) is 57.5 Å². The van der Waals surface area contributed by atoms with E-state index >= 15 is 0 Å². The number of benzene rings is 4. The molecule has 9 nitrogen and oxygen atoms in total. The number of anilines is 1. The third-order valence-electron chi connectivity index (χ3n) is 9.14. The summed E-state index contributed by atoms with van der Waals surface area (Å²) >= 11 is 6.01. The zero-order valence-electron chi connectivity index (χ0n) is 30.3. The van der Waals surface area contributed by atoms with E-state index in [1.807, 2.05) is 128 Å². The normalized spacial score (nSPS) is 19.6. The molecular weight excluding hydrogens is 799 g/mol. The number of ether oxygens (including phenoxy) is 5. The molecule has 0 bridgehead atoms. The lowest BCUT2D eigenvalue weighted by Crippen LogP contribution is -2.62. The molecule has 0 saturated carbocycles. The quantitative estimate of drug-likeness (QED) is 0.0851. The first-order valence-electron chi connectivity index (χ1n) is 18.1. The van der Waals surface area contributed by atoms with E-state index in [9.17, 15) is 4.79 Å². The maximum absolute atomic E-state index is 13.4. The Hall–Kier alpha value is -4.11. The van der Waals surface area contributed by atoms with Gasteiger partial charge in [0.1, 0.15) is 30.5 Å². The fourth-order valence-electron chi connectivity index (χ4n) is 6.38. The van der Waals surface area contributed by atoms with E-state index in [-0.39, 0.29) is 12.4 Å². The smallest absolute Gasteiger partial charge is 0.216 e. The molecule has 6 aromatic rings. The molecule has 0 radical (unpaired) electrons. The highest BCUT2D eigenvalue weighted by atomic mass is 79.9. The van der Waals surface area contributed by atoms with E-state index < -0.39 is 30.5 Å². The predicted octanol–water partition coefficient (Wildman–Crippen LogP) is 9.05. The number of hydrogen-bond donors (Lipinski definition) is 1. The second-order valence-electron chi connectivity index (χ2n) is 13.1. The van der Waals surface area contributed by atoms with Gasteiger partial charge in [0.15, 0.2) is 9.05 Å².